The normalized spacial score (nSPS) is 15.7. The number of benzene rings is 1. The quantitative estimate of drug-likeness (QED) is 0.753. The largest absolute Gasteiger partial charge is 0.397 e. The van der Waals surface area contributed by atoms with Gasteiger partial charge in [-0.1, -0.05) is 12.1 Å². The molecule has 2 nitrogen and oxygen atoms in total. The molecule has 1 aromatic heterocycles. The van der Waals surface area contributed by atoms with E-state index in [1.807, 2.05) is 18.3 Å². The molecule has 1 saturated carbocycles. The lowest BCUT2D eigenvalue weighted by Crippen LogP contribution is -1.92. The summed E-state index contributed by atoms with van der Waals surface area (Å²) in [5, 5.41) is 1.16. The number of nitrogens with two attached hydrogens (primary N) is 1. The fraction of sp³-hybridized carbons (Fsp3) is 0.308. The van der Waals surface area contributed by atoms with E-state index in [0.29, 0.717) is 0 Å². The minimum absolute atomic E-state index is 0.769. The van der Waals surface area contributed by atoms with Crippen LogP contribution in [0.15, 0.2) is 30.5 Å². The van der Waals surface area contributed by atoms with E-state index in [1.54, 1.807) is 0 Å². The second kappa shape index (κ2) is 3.23. The fourth-order valence-electron chi connectivity index (χ4n) is 2.00. The standard InChI is InChI=1S/C13H14N2/c14-12-3-1-2-11-7-10(6-9-4-5-9)8-15-13(11)12/h1-3,7-9H,4-6,14H2. The molecule has 76 valence electrons. The van der Waals surface area contributed by atoms with Gasteiger partial charge < -0.3 is 5.73 Å². The number of aromatic nitrogens is 1. The Morgan fingerprint density at radius 2 is 2.20 bits per heavy atom. The van der Waals surface area contributed by atoms with Crippen molar-refractivity contribution in [2.75, 3.05) is 5.73 Å². The highest BCUT2D eigenvalue weighted by atomic mass is 14.7. The molecule has 1 aliphatic rings. The average Bonchev–Trinajstić information content (AvgIpc) is 3.02. The number of hydrogen-bond acceptors (Lipinski definition) is 2. The average molecular weight is 198 g/mol. The number of rotatable bonds is 2. The maximum atomic E-state index is 5.86. The molecule has 0 bridgehead atoms. The first-order chi connectivity index (χ1) is 7.33. The van der Waals surface area contributed by atoms with Crippen LogP contribution in [-0.4, -0.2) is 4.98 Å². The molecule has 3 rings (SSSR count). The smallest absolute Gasteiger partial charge is 0.0931 e. The van der Waals surface area contributed by atoms with Gasteiger partial charge in [-0.15, -0.1) is 0 Å². The molecule has 2 aromatic rings. The van der Waals surface area contributed by atoms with Crippen LogP contribution >= 0.6 is 0 Å². The van der Waals surface area contributed by atoms with E-state index >= 15 is 0 Å². The van der Waals surface area contributed by atoms with Crippen molar-refractivity contribution in [2.24, 2.45) is 5.92 Å². The molecule has 0 spiro atoms. The zero-order valence-electron chi connectivity index (χ0n) is 8.61. The van der Waals surface area contributed by atoms with Crippen molar-refractivity contribution in [1.82, 2.24) is 4.98 Å². The van der Waals surface area contributed by atoms with Crippen molar-refractivity contribution in [3.8, 4) is 0 Å². The first kappa shape index (κ1) is 8.72. The maximum absolute atomic E-state index is 5.86. The third-order valence-corrected chi connectivity index (χ3v) is 3.02. The van der Waals surface area contributed by atoms with Crippen LogP contribution < -0.4 is 5.73 Å². The molecule has 1 fully saturated rings. The first-order valence-corrected chi connectivity index (χ1v) is 5.46. The van der Waals surface area contributed by atoms with Crippen molar-refractivity contribution in [1.29, 1.82) is 0 Å². The molecule has 0 saturated heterocycles. The second-order valence-corrected chi connectivity index (χ2v) is 4.41. The van der Waals surface area contributed by atoms with Crippen molar-refractivity contribution >= 4 is 16.6 Å². The molecule has 0 atom stereocenters. The molecule has 1 aromatic carbocycles. The summed E-state index contributed by atoms with van der Waals surface area (Å²) >= 11 is 0. The number of para-hydroxylation sites is 1. The highest BCUT2D eigenvalue weighted by Crippen LogP contribution is 2.33. The third-order valence-electron chi connectivity index (χ3n) is 3.02. The Balaban J connectivity index is 2.05. The van der Waals surface area contributed by atoms with Crippen LogP contribution in [0.2, 0.25) is 0 Å². The van der Waals surface area contributed by atoms with E-state index in [1.165, 1.54) is 24.8 Å². The fourth-order valence-corrected chi connectivity index (χ4v) is 2.00. The molecule has 0 unspecified atom stereocenters. The second-order valence-electron chi connectivity index (χ2n) is 4.41. The Morgan fingerprint density at radius 1 is 1.33 bits per heavy atom. The predicted octanol–water partition coefficient (Wildman–Crippen LogP) is 2.77. The van der Waals surface area contributed by atoms with Crippen molar-refractivity contribution < 1.29 is 0 Å². The molecule has 0 aliphatic heterocycles. The van der Waals surface area contributed by atoms with Gasteiger partial charge in [0.1, 0.15) is 0 Å². The highest BCUT2D eigenvalue weighted by molar-refractivity contribution is 5.89. The molecular formula is C13H14N2. The van der Waals surface area contributed by atoms with Crippen LogP contribution in [0.1, 0.15) is 18.4 Å². The lowest BCUT2D eigenvalue weighted by Gasteiger charge is -2.03. The molecule has 1 heterocycles. The van der Waals surface area contributed by atoms with Crippen LogP contribution in [-0.2, 0) is 6.42 Å². The van der Waals surface area contributed by atoms with Crippen LogP contribution in [0.25, 0.3) is 10.9 Å². The lowest BCUT2D eigenvalue weighted by molar-refractivity contribution is 0.830. The summed E-state index contributed by atoms with van der Waals surface area (Å²) in [4.78, 5) is 4.44. The summed E-state index contributed by atoms with van der Waals surface area (Å²) in [5.41, 5.74) is 8.90. The zero-order valence-corrected chi connectivity index (χ0v) is 8.61. The van der Waals surface area contributed by atoms with E-state index in [2.05, 4.69) is 17.1 Å². The Bertz CT molecular complexity index is 501. The van der Waals surface area contributed by atoms with Gasteiger partial charge in [0.25, 0.3) is 0 Å². The molecular weight excluding hydrogens is 184 g/mol. The van der Waals surface area contributed by atoms with Crippen LogP contribution in [0, 0.1) is 5.92 Å². The van der Waals surface area contributed by atoms with Crippen molar-refractivity contribution in [2.45, 2.75) is 19.3 Å². The Morgan fingerprint density at radius 3 is 3.00 bits per heavy atom. The van der Waals surface area contributed by atoms with Crippen molar-refractivity contribution in [3.63, 3.8) is 0 Å². The number of pyridine rings is 1. The van der Waals surface area contributed by atoms with Crippen LogP contribution in [0.3, 0.4) is 0 Å². The van der Waals surface area contributed by atoms with Crippen LogP contribution in [0.4, 0.5) is 5.69 Å². The Hall–Kier alpha value is -1.57. The highest BCUT2D eigenvalue weighted by Gasteiger charge is 2.21. The van der Waals surface area contributed by atoms with Gasteiger partial charge in [0.15, 0.2) is 0 Å². The summed E-state index contributed by atoms with van der Waals surface area (Å²) in [7, 11) is 0. The molecule has 15 heavy (non-hydrogen) atoms. The van der Waals surface area contributed by atoms with E-state index < -0.39 is 0 Å². The third kappa shape index (κ3) is 1.67. The van der Waals surface area contributed by atoms with Gasteiger partial charge in [-0.3, -0.25) is 4.98 Å². The van der Waals surface area contributed by atoms with Gasteiger partial charge >= 0.3 is 0 Å². The molecule has 0 radical (unpaired) electrons. The molecule has 1 aliphatic carbocycles. The number of anilines is 1. The lowest BCUT2D eigenvalue weighted by atomic mass is 10.1. The maximum Gasteiger partial charge on any atom is 0.0931 e. The van der Waals surface area contributed by atoms with Crippen molar-refractivity contribution in [3.05, 3.63) is 36.0 Å². The van der Waals surface area contributed by atoms with E-state index in [9.17, 15) is 0 Å². The van der Waals surface area contributed by atoms with E-state index in [0.717, 1.165) is 22.5 Å². The Labute approximate surface area is 89.1 Å². The topological polar surface area (TPSA) is 38.9 Å². The van der Waals surface area contributed by atoms with Gasteiger partial charge in [-0.25, -0.2) is 0 Å². The minimum Gasteiger partial charge on any atom is -0.397 e. The number of hydrogen-bond donors (Lipinski definition) is 1. The van der Waals surface area contributed by atoms with E-state index in [4.69, 9.17) is 5.73 Å². The summed E-state index contributed by atoms with van der Waals surface area (Å²) in [6.45, 7) is 0. The monoisotopic (exact) mass is 198 g/mol. The SMILES string of the molecule is Nc1cccc2cc(CC3CC3)cnc12. The Kier molecular flexibility index (Phi) is 1.88. The summed E-state index contributed by atoms with van der Waals surface area (Å²) in [6.07, 6.45) is 5.92. The van der Waals surface area contributed by atoms with Gasteiger partial charge in [0.2, 0.25) is 0 Å². The van der Waals surface area contributed by atoms with Crippen LogP contribution in [0.5, 0.6) is 0 Å². The molecule has 2 N–H and O–H groups in total. The summed E-state index contributed by atoms with van der Waals surface area (Å²) < 4.78 is 0. The number of nitrogens with zero attached hydrogens (tertiary/aromatic N) is 1. The summed E-state index contributed by atoms with van der Waals surface area (Å²) in [6, 6.07) is 8.18. The van der Waals surface area contributed by atoms with Gasteiger partial charge in [-0.2, -0.15) is 0 Å². The zero-order chi connectivity index (χ0) is 10.3. The van der Waals surface area contributed by atoms with E-state index in [-0.39, 0.29) is 0 Å². The minimum atomic E-state index is 0.769. The van der Waals surface area contributed by atoms with Gasteiger partial charge in [0.05, 0.1) is 11.2 Å². The van der Waals surface area contributed by atoms with Gasteiger partial charge in [0, 0.05) is 11.6 Å². The number of fused-ring (bicyclic) bond motifs is 1. The van der Waals surface area contributed by atoms with Gasteiger partial charge in [-0.05, 0) is 42.9 Å². The first-order valence-electron chi connectivity index (χ1n) is 5.46. The molecule has 2 heteroatoms. The number of nitrogen functional groups attached to an aromatic ring is 1. The molecule has 0 amide bonds. The summed E-state index contributed by atoms with van der Waals surface area (Å²) in [5.74, 6) is 0.908. The predicted molar refractivity (Wildman–Crippen MR) is 62.6 cm³/mol.